The zero-order chi connectivity index (χ0) is 44.3. The quantitative estimate of drug-likeness (QED) is 0.0370. The van der Waals surface area contributed by atoms with Gasteiger partial charge in [-0.3, -0.25) is 0 Å². The van der Waals surface area contributed by atoms with E-state index in [0.717, 1.165) is 75.6 Å². The van der Waals surface area contributed by atoms with Crippen molar-refractivity contribution in [2.75, 3.05) is 0 Å². The normalized spacial score (nSPS) is 12.9. The van der Waals surface area contributed by atoms with Gasteiger partial charge >= 0.3 is 26.2 Å². The molecule has 0 saturated carbocycles. The average molecular weight is 882 g/mol. The molecule has 2 aromatic rings. The molecular formula is C58H98N2Ni. The Morgan fingerprint density at radius 1 is 0.328 bits per heavy atom. The molecule has 2 nitrogen and oxygen atoms in total. The second-order valence-corrected chi connectivity index (χ2v) is 19.6. The minimum absolute atomic E-state index is 1.03. The second-order valence-electron chi connectivity index (χ2n) is 18.6. The van der Waals surface area contributed by atoms with Crippen LogP contribution in [-0.4, -0.2) is 4.70 Å². The molecule has 2 aromatic carbocycles. The second kappa shape index (κ2) is 36.4. The van der Waals surface area contributed by atoms with E-state index < -0.39 is 0 Å². The summed E-state index contributed by atoms with van der Waals surface area (Å²) in [5.74, 6) is 4.12. The van der Waals surface area contributed by atoms with Gasteiger partial charge in [-0.2, -0.15) is 0 Å². The van der Waals surface area contributed by atoms with E-state index in [1.54, 1.807) is 19.1 Å². The summed E-state index contributed by atoms with van der Waals surface area (Å²) in [5, 5.41) is 0. The van der Waals surface area contributed by atoms with Gasteiger partial charge in [0.2, 0.25) is 11.4 Å². The molecule has 0 saturated heterocycles. The summed E-state index contributed by atoms with van der Waals surface area (Å²) < 4.78 is 1.68. The van der Waals surface area contributed by atoms with Crippen molar-refractivity contribution in [2.24, 2.45) is 0 Å². The van der Waals surface area contributed by atoms with Crippen LogP contribution in [0.15, 0.2) is 47.5 Å². The van der Waals surface area contributed by atoms with Crippen molar-refractivity contribution in [3.05, 3.63) is 86.5 Å². The van der Waals surface area contributed by atoms with Crippen LogP contribution in [0.5, 0.6) is 0 Å². The Kier molecular flexibility index (Phi) is 32.9. The first-order valence-electron chi connectivity index (χ1n) is 26.4. The molecule has 0 spiro atoms. The van der Waals surface area contributed by atoms with E-state index in [4.69, 9.17) is 0 Å². The number of benzene rings is 2. The third-order valence-corrected chi connectivity index (χ3v) is 12.8. The van der Waals surface area contributed by atoms with Gasteiger partial charge in [0.05, 0.1) is 0 Å². The van der Waals surface area contributed by atoms with E-state index in [-0.39, 0.29) is 0 Å². The van der Waals surface area contributed by atoms with Gasteiger partial charge in [0, 0.05) is 22.3 Å². The molecule has 0 N–H and O–H groups in total. The summed E-state index contributed by atoms with van der Waals surface area (Å²) in [6, 6.07) is 14.8. The molecule has 1 heterocycles. The number of rotatable bonds is 36. The van der Waals surface area contributed by atoms with E-state index in [1.165, 1.54) is 199 Å². The van der Waals surface area contributed by atoms with Crippen LogP contribution in [0.3, 0.4) is 0 Å². The third kappa shape index (κ3) is 22.5. The molecule has 0 unspecified atom stereocenters. The van der Waals surface area contributed by atoms with Gasteiger partial charge in [0.1, 0.15) is 0 Å². The molecule has 0 radical (unpaired) electrons. The number of aryl methyl sites for hydroxylation is 4. The molecule has 0 bridgehead atoms. The standard InChI is InChI=1S/C56H92N2.2CH3.Ni/c1-7-13-19-21-23-25-27-29-31-33-37-49-42-50(38-34-32-30-28-26-24-22-20-14-8-2)46-52(45-49)56-54(40-18-12-6)53(39-17-11-5)55(58(56)57)51-43-47(35-15-9-3)41-48(44-51)36-16-10-4;;;/h41-46H,7-40H2,1-6H3;2*1H3;. The summed E-state index contributed by atoms with van der Waals surface area (Å²) in [7, 11) is 0. The molecule has 1 aliphatic heterocycles. The molecule has 0 aliphatic carbocycles. The zero-order valence-electron chi connectivity index (χ0n) is 41.7. The Labute approximate surface area is 386 Å². The summed E-state index contributed by atoms with van der Waals surface area (Å²) in [6.45, 7) is 13.8. The van der Waals surface area contributed by atoms with Crippen molar-refractivity contribution >= 4 is 11.4 Å². The Morgan fingerprint density at radius 3 is 0.836 bits per heavy atom. The molecule has 0 fully saturated rings. The summed E-state index contributed by atoms with van der Waals surface area (Å²) in [6.07, 6.45) is 43.4. The van der Waals surface area contributed by atoms with Gasteiger partial charge in [-0.1, -0.05) is 195 Å². The first kappa shape index (κ1) is 55.1. The first-order chi connectivity index (χ1) is 29.9. The van der Waals surface area contributed by atoms with Crippen molar-refractivity contribution < 1.29 is 19.1 Å². The molecular weight excluding hydrogens is 783 g/mol. The molecule has 1 aliphatic rings. The molecule has 0 aromatic heterocycles. The Morgan fingerprint density at radius 2 is 0.557 bits per heavy atom. The fraction of sp³-hybridized carbons (Fsp3) is 0.724. The SMILES string of the molecule is CCCCCCCCCCCCc1cc(CCCCCCCCCCCC)cc(C2=C(CCCC)C(CCCC)=C(c3cc(CCCC)cc(CCCC)c3)[N+]2=[N-])c1.[CH3][Ni][CH3]. The van der Waals surface area contributed by atoms with Gasteiger partial charge in [0.15, 0.2) is 0 Å². The van der Waals surface area contributed by atoms with Gasteiger partial charge < -0.3 is 5.53 Å². The van der Waals surface area contributed by atoms with E-state index in [9.17, 15) is 5.53 Å². The zero-order valence-corrected chi connectivity index (χ0v) is 42.7. The molecule has 0 atom stereocenters. The predicted octanol–water partition coefficient (Wildman–Crippen LogP) is 20.0. The van der Waals surface area contributed by atoms with Crippen LogP contribution in [0.25, 0.3) is 16.9 Å². The van der Waals surface area contributed by atoms with Crippen LogP contribution in [0, 0.1) is 0 Å². The maximum atomic E-state index is 12.7. The Hall–Kier alpha value is -1.99. The fourth-order valence-corrected chi connectivity index (χ4v) is 9.26. The maximum absolute atomic E-state index is 12.7. The first-order valence-corrected chi connectivity index (χ1v) is 28.3. The van der Waals surface area contributed by atoms with Crippen LogP contribution in [0.1, 0.15) is 268 Å². The van der Waals surface area contributed by atoms with Crippen molar-refractivity contribution in [3.8, 4) is 0 Å². The number of allylic oxidation sites excluding steroid dienone is 2. The fourth-order valence-electron chi connectivity index (χ4n) is 9.26. The van der Waals surface area contributed by atoms with Crippen LogP contribution >= 0.6 is 0 Å². The van der Waals surface area contributed by atoms with Gasteiger partial charge in [-0.05, 0) is 124 Å². The molecule has 3 heteroatoms. The molecule has 3 rings (SSSR count). The number of hydrogen-bond donors (Lipinski definition) is 0. The predicted molar refractivity (Wildman–Crippen MR) is 269 cm³/mol. The summed E-state index contributed by atoms with van der Waals surface area (Å²) >= 11 is 1.62. The Balaban J connectivity index is 0.00000414. The van der Waals surface area contributed by atoms with Crippen molar-refractivity contribution in [1.82, 2.24) is 0 Å². The average Bonchev–Trinajstić information content (AvgIpc) is 3.54. The Bertz CT molecular complexity index is 1430. The topological polar surface area (TPSA) is 25.3 Å². The van der Waals surface area contributed by atoms with Crippen molar-refractivity contribution in [1.29, 1.82) is 0 Å². The van der Waals surface area contributed by atoms with Crippen molar-refractivity contribution in [3.63, 3.8) is 0 Å². The molecule has 0 amide bonds. The minimum atomic E-state index is 1.03. The number of nitrogens with zero attached hydrogens (tertiary/aromatic N) is 2. The number of unbranched alkanes of at least 4 members (excludes halogenated alkanes) is 22. The van der Waals surface area contributed by atoms with Gasteiger partial charge in [-0.25, -0.2) is 4.70 Å². The van der Waals surface area contributed by atoms with Crippen LogP contribution in [0.4, 0.5) is 0 Å². The third-order valence-electron chi connectivity index (χ3n) is 12.8. The van der Waals surface area contributed by atoms with Crippen LogP contribution in [0.2, 0.25) is 11.8 Å². The number of hydrogen-bond acceptors (Lipinski definition) is 0. The van der Waals surface area contributed by atoms with Gasteiger partial charge in [0.25, 0.3) is 0 Å². The summed E-state index contributed by atoms with van der Waals surface area (Å²) in [5.41, 5.74) is 25.9. The van der Waals surface area contributed by atoms with Gasteiger partial charge in [-0.15, -0.1) is 0 Å². The monoisotopic (exact) mass is 881 g/mol. The molecule has 61 heavy (non-hydrogen) atoms. The molecule has 350 valence electrons. The van der Waals surface area contributed by atoms with E-state index in [1.807, 2.05) is 0 Å². The van der Waals surface area contributed by atoms with E-state index in [0.29, 0.717) is 0 Å². The summed E-state index contributed by atoms with van der Waals surface area (Å²) in [4.78, 5) is 0. The van der Waals surface area contributed by atoms with E-state index in [2.05, 4.69) is 89.7 Å². The van der Waals surface area contributed by atoms with Crippen molar-refractivity contribution in [2.45, 2.75) is 272 Å². The van der Waals surface area contributed by atoms with Crippen LogP contribution in [-0.2, 0) is 40.1 Å². The van der Waals surface area contributed by atoms with Crippen LogP contribution < -0.4 is 0 Å². The van der Waals surface area contributed by atoms with E-state index >= 15 is 0 Å².